The van der Waals surface area contributed by atoms with Crippen molar-refractivity contribution in [1.29, 1.82) is 0 Å². The van der Waals surface area contributed by atoms with Crippen molar-refractivity contribution in [1.82, 2.24) is 0 Å². The molecule has 5 rings (SSSR count). The Kier molecular flexibility index (Phi) is 9.08. The topological polar surface area (TPSA) is 66.4 Å². The minimum absolute atomic E-state index is 0.110. The van der Waals surface area contributed by atoms with Gasteiger partial charge in [-0.25, -0.2) is 0 Å². The van der Waals surface area contributed by atoms with Crippen molar-refractivity contribution in [2.75, 3.05) is 6.61 Å². The van der Waals surface area contributed by atoms with E-state index in [1.54, 1.807) is 36.4 Å². The number of rotatable bonds is 13. The highest BCUT2D eigenvalue weighted by Crippen LogP contribution is 2.29. The molecule has 0 aromatic heterocycles. The van der Waals surface area contributed by atoms with Crippen LogP contribution in [0.3, 0.4) is 0 Å². The second-order valence-corrected chi connectivity index (χ2v) is 9.45. The molecule has 4 unspecified atom stereocenters. The third-order valence-corrected chi connectivity index (χ3v) is 6.47. The largest absolute Gasteiger partial charge is 0.385 e. The molecule has 0 bridgehead atoms. The molecule has 0 amide bonds. The Bertz CT molecular complexity index is 1350. The average molecular weight is 544 g/mol. The Morgan fingerprint density at radius 1 is 0.575 bits per heavy atom. The fourth-order valence-electron chi connectivity index (χ4n) is 4.39. The molecule has 0 radical (unpaired) electrons. The number of benzene rings is 4. The number of hydrogen-bond acceptors (Lipinski definition) is 6. The minimum atomic E-state index is -1.36. The fourth-order valence-corrected chi connectivity index (χ4v) is 4.39. The van der Waals surface area contributed by atoms with Crippen LogP contribution in [-0.2, 0) is 50.0 Å². The zero-order valence-electron chi connectivity index (χ0n) is 25.1. The molecule has 1 heterocycles. The van der Waals surface area contributed by atoms with Gasteiger partial charge >= 0.3 is 0 Å². The predicted octanol–water partition coefficient (Wildman–Crippen LogP) is 5.68. The van der Waals surface area contributed by atoms with E-state index >= 15 is 0 Å². The molecule has 0 spiro atoms. The quantitative estimate of drug-likeness (QED) is 0.234. The van der Waals surface area contributed by atoms with Crippen LogP contribution in [0.1, 0.15) is 26.4 Å². The molecular formula is C34H36O6. The Labute approximate surface area is 240 Å². The summed E-state index contributed by atoms with van der Waals surface area (Å²) in [6.45, 7) is -3.25. The van der Waals surface area contributed by atoms with Gasteiger partial charge in [0, 0.05) is 0 Å². The molecule has 4 aromatic rings. The monoisotopic (exact) mass is 543 g/mol. The van der Waals surface area contributed by atoms with Crippen molar-refractivity contribution >= 4 is 0 Å². The first-order chi connectivity index (χ1) is 21.0. The Hall–Kier alpha value is -3.36. The lowest BCUT2D eigenvalue weighted by Crippen LogP contribution is -2.61. The molecule has 1 N–H and O–H groups in total. The normalized spacial score (nSPS) is 26.1. The molecule has 1 saturated heterocycles. The van der Waals surface area contributed by atoms with Gasteiger partial charge in [0.25, 0.3) is 0 Å². The summed E-state index contributed by atoms with van der Waals surface area (Å²) >= 11 is 0. The summed E-state index contributed by atoms with van der Waals surface area (Å²) in [6, 6.07) is 36.7. The Balaban J connectivity index is 1.42. The van der Waals surface area contributed by atoms with Gasteiger partial charge in [0.15, 0.2) is 6.29 Å². The van der Waals surface area contributed by atoms with Gasteiger partial charge in [-0.15, -0.1) is 0 Å². The van der Waals surface area contributed by atoms with Gasteiger partial charge in [-0.2, -0.15) is 0 Å². The number of hydrogen-bond donors (Lipinski definition) is 1. The molecule has 6 heteroatoms. The first-order valence-electron chi connectivity index (χ1n) is 15.1. The molecule has 0 saturated carbocycles. The van der Waals surface area contributed by atoms with Crippen LogP contribution in [0.2, 0.25) is 0 Å². The summed E-state index contributed by atoms with van der Waals surface area (Å²) in [7, 11) is 0. The van der Waals surface area contributed by atoms with Crippen molar-refractivity contribution < 1.29 is 32.9 Å². The van der Waals surface area contributed by atoms with Crippen LogP contribution in [0.25, 0.3) is 0 Å². The lowest BCUT2D eigenvalue weighted by molar-refractivity contribution is -0.321. The van der Waals surface area contributed by atoms with E-state index in [-0.39, 0.29) is 13.2 Å². The molecule has 1 aliphatic heterocycles. The van der Waals surface area contributed by atoms with Gasteiger partial charge < -0.3 is 28.8 Å². The molecule has 8 atom stereocenters. The molecule has 1 fully saturated rings. The fraction of sp³-hybridized carbons (Fsp3) is 0.294. The standard InChI is InChI=1S/C34H36O6/c35-31-33(38-23-28-17-9-3-10-18-28)32(37-22-27-15-7-2-8-16-27)30(25-36-21-26-13-5-1-6-14-26)40-34(31)39-24-29-19-11-4-12-20-29/h1-20,30-35H,21-25H2/t30-,31+,32-,33-,34?/m1/s1/i21D,22D,23D/t21?,22?,23?,30-,31+,32-,33-,34?. The number of aliphatic hydroxyl groups excluding tert-OH is 1. The summed E-state index contributed by atoms with van der Waals surface area (Å²) in [5, 5.41) is 11.6. The summed E-state index contributed by atoms with van der Waals surface area (Å²) in [6.07, 6.45) is -5.56. The molecule has 1 aliphatic rings. The third kappa shape index (κ3) is 8.08. The second kappa shape index (κ2) is 14.9. The highest BCUT2D eigenvalue weighted by Gasteiger charge is 2.47. The highest BCUT2D eigenvalue weighted by atomic mass is 16.7. The van der Waals surface area contributed by atoms with Crippen LogP contribution in [0, 0.1) is 0 Å². The summed E-state index contributed by atoms with van der Waals surface area (Å²) in [5.74, 6) is 0. The van der Waals surface area contributed by atoms with Crippen molar-refractivity contribution in [3.63, 3.8) is 0 Å². The first-order valence-corrected chi connectivity index (χ1v) is 13.3. The van der Waals surface area contributed by atoms with Gasteiger partial charge in [-0.1, -0.05) is 121 Å². The van der Waals surface area contributed by atoms with Crippen LogP contribution >= 0.6 is 0 Å². The van der Waals surface area contributed by atoms with Crippen LogP contribution in [0.15, 0.2) is 121 Å². The number of aliphatic hydroxyl groups is 1. The maximum atomic E-state index is 11.6. The van der Waals surface area contributed by atoms with E-state index in [1.807, 2.05) is 84.9 Å². The van der Waals surface area contributed by atoms with E-state index in [9.17, 15) is 5.11 Å². The van der Waals surface area contributed by atoms with Crippen molar-refractivity contribution in [3.8, 4) is 0 Å². The molecule has 4 aromatic carbocycles. The van der Waals surface area contributed by atoms with E-state index in [1.165, 1.54) is 0 Å². The van der Waals surface area contributed by atoms with Gasteiger partial charge in [0.05, 0.1) is 37.1 Å². The molecule has 0 aliphatic carbocycles. The van der Waals surface area contributed by atoms with Crippen LogP contribution in [0.5, 0.6) is 0 Å². The highest BCUT2D eigenvalue weighted by molar-refractivity contribution is 5.16. The van der Waals surface area contributed by atoms with Gasteiger partial charge in [0.2, 0.25) is 0 Å². The van der Waals surface area contributed by atoms with E-state index in [0.717, 1.165) is 5.56 Å². The van der Waals surface area contributed by atoms with E-state index in [4.69, 9.17) is 27.8 Å². The summed E-state index contributed by atoms with van der Waals surface area (Å²) in [5.41, 5.74) is 2.75. The third-order valence-electron chi connectivity index (χ3n) is 6.47. The van der Waals surface area contributed by atoms with Crippen LogP contribution in [-0.4, -0.2) is 42.4 Å². The molecular weight excluding hydrogens is 504 g/mol. The lowest BCUT2D eigenvalue weighted by atomic mass is 9.98. The van der Waals surface area contributed by atoms with Gasteiger partial charge in [-0.3, -0.25) is 0 Å². The van der Waals surface area contributed by atoms with Crippen LogP contribution < -0.4 is 0 Å². The minimum Gasteiger partial charge on any atom is -0.385 e. The Morgan fingerprint density at radius 2 is 1.02 bits per heavy atom. The Morgan fingerprint density at radius 3 is 1.55 bits per heavy atom. The maximum absolute atomic E-state index is 11.6. The van der Waals surface area contributed by atoms with Crippen molar-refractivity contribution in [2.45, 2.75) is 57.1 Å². The second-order valence-electron chi connectivity index (χ2n) is 9.45. The molecule has 40 heavy (non-hydrogen) atoms. The maximum Gasteiger partial charge on any atom is 0.187 e. The van der Waals surface area contributed by atoms with Crippen LogP contribution in [0.4, 0.5) is 0 Å². The van der Waals surface area contributed by atoms with Gasteiger partial charge in [0.1, 0.15) is 24.4 Å². The lowest BCUT2D eigenvalue weighted by Gasteiger charge is -2.44. The van der Waals surface area contributed by atoms with E-state index in [0.29, 0.717) is 16.7 Å². The summed E-state index contributed by atoms with van der Waals surface area (Å²) in [4.78, 5) is 0. The van der Waals surface area contributed by atoms with Crippen molar-refractivity contribution in [2.24, 2.45) is 0 Å². The first kappa shape index (κ1) is 24.4. The van der Waals surface area contributed by atoms with E-state index < -0.39 is 50.5 Å². The number of ether oxygens (including phenoxy) is 5. The average Bonchev–Trinajstić information content (AvgIpc) is 3.06. The predicted molar refractivity (Wildman–Crippen MR) is 152 cm³/mol. The molecule has 6 nitrogen and oxygen atoms in total. The smallest absolute Gasteiger partial charge is 0.187 e. The SMILES string of the molecule is [2H]C(OC[C@H]1OC(OCc2ccccc2)[C@@H](O)[C@@H](OC([2H])c2ccccc2)[C@@H]1OC([2H])c1ccccc1)c1ccccc1. The molecule has 208 valence electrons. The van der Waals surface area contributed by atoms with E-state index in [2.05, 4.69) is 0 Å². The zero-order chi connectivity index (χ0) is 30.0. The summed E-state index contributed by atoms with van der Waals surface area (Å²) < 4.78 is 56.7. The van der Waals surface area contributed by atoms with Crippen molar-refractivity contribution in [3.05, 3.63) is 144 Å². The zero-order valence-corrected chi connectivity index (χ0v) is 22.1. The van der Waals surface area contributed by atoms with Gasteiger partial charge in [-0.05, 0) is 22.3 Å².